The molecule has 3 nitrogen and oxygen atoms in total. The van der Waals surface area contributed by atoms with Crippen molar-refractivity contribution in [3.63, 3.8) is 0 Å². The smallest absolute Gasteiger partial charge is 0.225 e. The maximum absolute atomic E-state index is 13.5. The molecule has 3 rings (SSSR count). The van der Waals surface area contributed by atoms with Crippen molar-refractivity contribution in [1.82, 2.24) is 5.32 Å². The highest BCUT2D eigenvalue weighted by atomic mass is 19.2. The highest BCUT2D eigenvalue weighted by Gasteiger charge is 2.40. The lowest BCUT2D eigenvalue weighted by Gasteiger charge is -2.37. The van der Waals surface area contributed by atoms with Gasteiger partial charge in [-0.05, 0) is 29.5 Å². The van der Waals surface area contributed by atoms with E-state index in [1.54, 1.807) is 0 Å². The first-order chi connectivity index (χ1) is 10.3. The quantitative estimate of drug-likeness (QED) is 0.866. The molecule has 5 heteroatoms. The molecule has 2 aliphatic rings. The Balaban J connectivity index is 2.08. The van der Waals surface area contributed by atoms with E-state index >= 15 is 0 Å². The second-order valence-corrected chi connectivity index (χ2v) is 6.81. The van der Waals surface area contributed by atoms with Crippen molar-refractivity contribution in [2.45, 2.75) is 39.0 Å². The second-order valence-electron chi connectivity index (χ2n) is 6.81. The van der Waals surface area contributed by atoms with Crippen molar-refractivity contribution in [2.75, 3.05) is 0 Å². The maximum atomic E-state index is 13.5. The Morgan fingerprint density at radius 2 is 1.86 bits per heavy atom. The molecular formula is C17H17F2NO2. The third kappa shape index (κ3) is 2.56. The zero-order chi connectivity index (χ0) is 16.1. The van der Waals surface area contributed by atoms with Crippen LogP contribution in [0, 0.1) is 17.0 Å². The van der Waals surface area contributed by atoms with Crippen LogP contribution in [-0.4, -0.2) is 11.7 Å². The monoisotopic (exact) mass is 305 g/mol. The molecule has 1 atom stereocenters. The van der Waals surface area contributed by atoms with Crippen molar-refractivity contribution < 1.29 is 18.4 Å². The van der Waals surface area contributed by atoms with Crippen LogP contribution in [0.3, 0.4) is 0 Å². The van der Waals surface area contributed by atoms with Gasteiger partial charge >= 0.3 is 0 Å². The SMILES string of the molecule is CC1(C)CC(=O)C2=C(C1)NC(=O)C[C@@H]2c1ccc(F)c(F)c1. The van der Waals surface area contributed by atoms with Crippen molar-refractivity contribution in [2.24, 2.45) is 5.41 Å². The minimum absolute atomic E-state index is 0.0269. The van der Waals surface area contributed by atoms with Gasteiger partial charge in [-0.25, -0.2) is 8.78 Å². The van der Waals surface area contributed by atoms with Gasteiger partial charge in [-0.2, -0.15) is 0 Å². The van der Waals surface area contributed by atoms with Gasteiger partial charge in [-0.15, -0.1) is 0 Å². The van der Waals surface area contributed by atoms with Crippen LogP contribution < -0.4 is 5.32 Å². The lowest BCUT2D eigenvalue weighted by Crippen LogP contribution is -2.40. The summed E-state index contributed by atoms with van der Waals surface area (Å²) >= 11 is 0. The molecule has 1 aliphatic heterocycles. The number of hydrogen-bond acceptors (Lipinski definition) is 2. The minimum Gasteiger partial charge on any atom is -0.329 e. The van der Waals surface area contributed by atoms with E-state index < -0.39 is 17.6 Å². The molecule has 22 heavy (non-hydrogen) atoms. The zero-order valence-electron chi connectivity index (χ0n) is 12.5. The van der Waals surface area contributed by atoms with Gasteiger partial charge in [-0.3, -0.25) is 9.59 Å². The largest absolute Gasteiger partial charge is 0.329 e. The summed E-state index contributed by atoms with van der Waals surface area (Å²) in [5.74, 6) is -2.62. The Kier molecular flexibility index (Phi) is 3.38. The zero-order valence-corrected chi connectivity index (χ0v) is 12.5. The molecule has 0 saturated carbocycles. The number of carbonyl (C=O) groups excluding carboxylic acids is 2. The van der Waals surface area contributed by atoms with Gasteiger partial charge in [0.1, 0.15) is 0 Å². The first kappa shape index (κ1) is 14.9. The summed E-state index contributed by atoms with van der Waals surface area (Å²) in [7, 11) is 0. The number of halogens is 2. The summed E-state index contributed by atoms with van der Waals surface area (Å²) in [6, 6.07) is 3.56. The molecule has 116 valence electrons. The predicted octanol–water partition coefficient (Wildman–Crippen LogP) is 3.21. The summed E-state index contributed by atoms with van der Waals surface area (Å²) in [6.07, 6.45) is 1.07. The standard InChI is InChI=1S/C17H17F2NO2/c1-17(2)7-13-16(14(21)8-17)10(6-15(22)20-13)9-3-4-11(18)12(19)5-9/h3-5,10H,6-8H2,1-2H3,(H,20,22)/t10-/m1/s1. The topological polar surface area (TPSA) is 46.2 Å². The van der Waals surface area contributed by atoms with Crippen LogP contribution in [0.5, 0.6) is 0 Å². The van der Waals surface area contributed by atoms with Crippen LogP contribution in [-0.2, 0) is 9.59 Å². The molecule has 1 aliphatic carbocycles. The van der Waals surface area contributed by atoms with Gasteiger partial charge in [0.25, 0.3) is 0 Å². The molecule has 0 bridgehead atoms. The number of Topliss-reactive ketones (excluding diaryl/α,β-unsaturated/α-hetero) is 1. The van der Waals surface area contributed by atoms with Crippen molar-refractivity contribution in [1.29, 1.82) is 0 Å². The molecule has 0 fully saturated rings. The second kappa shape index (κ2) is 5.00. The lowest BCUT2D eigenvalue weighted by atomic mass is 9.70. The Hall–Kier alpha value is -2.04. The third-order valence-electron chi connectivity index (χ3n) is 4.29. The van der Waals surface area contributed by atoms with Crippen molar-refractivity contribution in [3.8, 4) is 0 Å². The van der Waals surface area contributed by atoms with E-state index in [9.17, 15) is 18.4 Å². The van der Waals surface area contributed by atoms with Crippen LogP contribution >= 0.6 is 0 Å². The molecule has 1 aromatic rings. The molecule has 0 radical (unpaired) electrons. The van der Waals surface area contributed by atoms with Crippen LogP contribution in [0.15, 0.2) is 29.5 Å². The lowest BCUT2D eigenvalue weighted by molar-refractivity contribution is -0.122. The number of carbonyl (C=O) groups is 2. The van der Waals surface area contributed by atoms with E-state index in [0.29, 0.717) is 29.7 Å². The number of nitrogens with one attached hydrogen (secondary N) is 1. The first-order valence-corrected chi connectivity index (χ1v) is 7.28. The van der Waals surface area contributed by atoms with Crippen molar-refractivity contribution in [3.05, 3.63) is 46.7 Å². The van der Waals surface area contributed by atoms with Crippen LogP contribution in [0.25, 0.3) is 0 Å². The maximum Gasteiger partial charge on any atom is 0.225 e. The number of rotatable bonds is 1. The number of hydrogen-bond donors (Lipinski definition) is 1. The van der Waals surface area contributed by atoms with Gasteiger partial charge < -0.3 is 5.32 Å². The fraction of sp³-hybridized carbons (Fsp3) is 0.412. The fourth-order valence-corrected chi connectivity index (χ4v) is 3.37. The molecule has 0 spiro atoms. The van der Waals surface area contributed by atoms with Gasteiger partial charge in [0, 0.05) is 30.0 Å². The normalized spacial score (nSPS) is 24.1. The summed E-state index contributed by atoms with van der Waals surface area (Å²) in [5, 5.41) is 2.78. The Morgan fingerprint density at radius 3 is 2.55 bits per heavy atom. The van der Waals surface area contributed by atoms with Gasteiger partial charge in [0.05, 0.1) is 0 Å². The number of amides is 1. The minimum atomic E-state index is -0.964. The number of allylic oxidation sites excluding steroid dienone is 2. The summed E-state index contributed by atoms with van der Waals surface area (Å²) in [6.45, 7) is 3.95. The van der Waals surface area contributed by atoms with Crippen molar-refractivity contribution >= 4 is 11.7 Å². The summed E-state index contributed by atoms with van der Waals surface area (Å²) in [5.41, 5.74) is 1.44. The van der Waals surface area contributed by atoms with E-state index in [1.807, 2.05) is 13.8 Å². The summed E-state index contributed by atoms with van der Waals surface area (Å²) in [4.78, 5) is 24.5. The average molecular weight is 305 g/mol. The van der Waals surface area contributed by atoms with Gasteiger partial charge in [0.15, 0.2) is 17.4 Å². The van der Waals surface area contributed by atoms with Crippen LogP contribution in [0.1, 0.15) is 44.6 Å². The molecule has 1 amide bonds. The number of benzene rings is 1. The van der Waals surface area contributed by atoms with Crippen LogP contribution in [0.4, 0.5) is 8.78 Å². The Bertz CT molecular complexity index is 707. The van der Waals surface area contributed by atoms with E-state index in [2.05, 4.69) is 5.32 Å². The van der Waals surface area contributed by atoms with Crippen LogP contribution in [0.2, 0.25) is 0 Å². The summed E-state index contributed by atoms with van der Waals surface area (Å²) < 4.78 is 26.6. The highest BCUT2D eigenvalue weighted by molar-refractivity contribution is 6.02. The van der Waals surface area contributed by atoms with E-state index in [4.69, 9.17) is 0 Å². The van der Waals surface area contributed by atoms with E-state index in [0.717, 1.165) is 12.1 Å². The molecule has 1 aromatic carbocycles. The molecule has 0 saturated heterocycles. The molecule has 1 N–H and O–H groups in total. The van der Waals surface area contributed by atoms with E-state index in [-0.39, 0.29) is 23.5 Å². The fourth-order valence-electron chi connectivity index (χ4n) is 3.37. The molecule has 1 heterocycles. The first-order valence-electron chi connectivity index (χ1n) is 7.28. The predicted molar refractivity (Wildman–Crippen MR) is 76.9 cm³/mol. The van der Waals surface area contributed by atoms with Gasteiger partial charge in [0.2, 0.25) is 5.91 Å². The highest BCUT2D eigenvalue weighted by Crippen LogP contribution is 2.43. The molecule has 0 unspecified atom stereocenters. The number of ketones is 1. The molecule has 0 aromatic heterocycles. The average Bonchev–Trinajstić information content (AvgIpc) is 2.39. The van der Waals surface area contributed by atoms with Gasteiger partial charge in [-0.1, -0.05) is 19.9 Å². The Morgan fingerprint density at radius 1 is 1.14 bits per heavy atom. The molecular weight excluding hydrogens is 288 g/mol. The van der Waals surface area contributed by atoms with E-state index in [1.165, 1.54) is 6.07 Å². The Labute approximate surface area is 127 Å². The third-order valence-corrected chi connectivity index (χ3v) is 4.29.